The molecule has 0 spiro atoms. The predicted molar refractivity (Wildman–Crippen MR) is 59.1 cm³/mol. The zero-order valence-corrected chi connectivity index (χ0v) is 9.41. The lowest BCUT2D eigenvalue weighted by Crippen LogP contribution is -2.22. The van der Waals surface area contributed by atoms with Gasteiger partial charge in [-0.1, -0.05) is 23.7 Å². The van der Waals surface area contributed by atoms with Crippen molar-refractivity contribution < 1.29 is 15.3 Å². The molecular formula is C10H12Cl2O3. The summed E-state index contributed by atoms with van der Waals surface area (Å²) in [5.74, 6) is 0.231. The number of hydrogen-bond donors (Lipinski definition) is 3. The monoisotopic (exact) mass is 250 g/mol. The maximum atomic E-state index is 9.60. The van der Waals surface area contributed by atoms with Gasteiger partial charge in [-0.3, -0.25) is 0 Å². The van der Waals surface area contributed by atoms with Gasteiger partial charge in [0, 0.05) is 10.9 Å². The van der Waals surface area contributed by atoms with Crippen LogP contribution < -0.4 is 0 Å². The van der Waals surface area contributed by atoms with Gasteiger partial charge < -0.3 is 15.3 Å². The molecule has 0 saturated carbocycles. The minimum absolute atomic E-state index is 0.231. The lowest BCUT2D eigenvalue weighted by atomic mass is 10.0. The average molecular weight is 251 g/mol. The normalized spacial score (nSPS) is 15.0. The molecule has 2 unspecified atom stereocenters. The second-order valence-electron chi connectivity index (χ2n) is 3.18. The molecular weight excluding hydrogens is 239 g/mol. The van der Waals surface area contributed by atoms with Crippen molar-refractivity contribution in [3.05, 3.63) is 34.3 Å². The van der Waals surface area contributed by atoms with Gasteiger partial charge in [-0.15, -0.1) is 11.6 Å². The van der Waals surface area contributed by atoms with E-state index in [9.17, 15) is 10.2 Å². The van der Waals surface area contributed by atoms with Crippen LogP contribution in [0.15, 0.2) is 18.2 Å². The van der Waals surface area contributed by atoms with Gasteiger partial charge in [-0.25, -0.2) is 0 Å². The van der Waals surface area contributed by atoms with Crippen LogP contribution in [0.5, 0.6) is 0 Å². The lowest BCUT2D eigenvalue weighted by Gasteiger charge is -2.16. The van der Waals surface area contributed by atoms with E-state index in [0.29, 0.717) is 16.1 Å². The molecule has 0 aliphatic rings. The van der Waals surface area contributed by atoms with Crippen LogP contribution in [0, 0.1) is 0 Å². The summed E-state index contributed by atoms with van der Waals surface area (Å²) in [4.78, 5) is 0. The van der Waals surface area contributed by atoms with Crippen LogP contribution in [0.1, 0.15) is 17.2 Å². The third-order valence-corrected chi connectivity index (χ3v) is 2.76. The summed E-state index contributed by atoms with van der Waals surface area (Å²) >= 11 is 11.5. The molecule has 0 bridgehead atoms. The molecule has 1 rings (SSSR count). The van der Waals surface area contributed by atoms with Gasteiger partial charge in [0.05, 0.1) is 6.61 Å². The van der Waals surface area contributed by atoms with Crippen molar-refractivity contribution >= 4 is 23.2 Å². The van der Waals surface area contributed by atoms with Crippen molar-refractivity contribution in [1.82, 2.24) is 0 Å². The van der Waals surface area contributed by atoms with Gasteiger partial charge in [-0.05, 0) is 17.2 Å². The van der Waals surface area contributed by atoms with Crippen molar-refractivity contribution in [2.75, 3.05) is 6.61 Å². The highest BCUT2D eigenvalue weighted by atomic mass is 35.5. The van der Waals surface area contributed by atoms with Crippen molar-refractivity contribution in [1.29, 1.82) is 0 Å². The Morgan fingerprint density at radius 2 is 1.93 bits per heavy atom. The van der Waals surface area contributed by atoms with E-state index >= 15 is 0 Å². The van der Waals surface area contributed by atoms with Crippen molar-refractivity contribution in [3.8, 4) is 0 Å². The lowest BCUT2D eigenvalue weighted by molar-refractivity contribution is -0.0152. The topological polar surface area (TPSA) is 60.7 Å². The zero-order valence-electron chi connectivity index (χ0n) is 7.90. The highest BCUT2D eigenvalue weighted by Gasteiger charge is 2.18. The summed E-state index contributed by atoms with van der Waals surface area (Å²) in [5.41, 5.74) is 1.16. The number of rotatable bonds is 4. The molecule has 3 nitrogen and oxygen atoms in total. The van der Waals surface area contributed by atoms with Gasteiger partial charge in [0.25, 0.3) is 0 Å². The van der Waals surface area contributed by atoms with E-state index in [1.54, 1.807) is 18.2 Å². The Morgan fingerprint density at radius 3 is 2.47 bits per heavy atom. The second kappa shape index (κ2) is 5.68. The molecule has 0 heterocycles. The Bertz CT molecular complexity index is 330. The molecule has 2 atom stereocenters. The fourth-order valence-corrected chi connectivity index (χ4v) is 1.68. The highest BCUT2D eigenvalue weighted by molar-refractivity contribution is 6.32. The molecule has 0 radical (unpaired) electrons. The SMILES string of the molecule is OCC(O)C(O)c1ccc(Cl)c(CCl)c1. The zero-order chi connectivity index (χ0) is 11.4. The van der Waals surface area contributed by atoms with E-state index in [-0.39, 0.29) is 5.88 Å². The van der Waals surface area contributed by atoms with E-state index in [1.165, 1.54) is 0 Å². The van der Waals surface area contributed by atoms with Crippen LogP contribution in [0.3, 0.4) is 0 Å². The van der Waals surface area contributed by atoms with Gasteiger partial charge in [0.2, 0.25) is 0 Å². The first-order valence-electron chi connectivity index (χ1n) is 4.41. The second-order valence-corrected chi connectivity index (χ2v) is 3.85. The van der Waals surface area contributed by atoms with Crippen molar-refractivity contribution in [2.45, 2.75) is 18.1 Å². The molecule has 3 N–H and O–H groups in total. The number of hydrogen-bond acceptors (Lipinski definition) is 3. The Kier molecular flexibility index (Phi) is 4.83. The molecule has 1 aromatic rings. The van der Waals surface area contributed by atoms with Crippen LogP contribution in [0.4, 0.5) is 0 Å². The van der Waals surface area contributed by atoms with Crippen LogP contribution in [0.2, 0.25) is 5.02 Å². The quantitative estimate of drug-likeness (QED) is 0.710. The Labute approximate surface area is 97.9 Å². The molecule has 1 aromatic carbocycles. The summed E-state index contributed by atoms with van der Waals surface area (Å²) in [7, 11) is 0. The number of aliphatic hydroxyl groups excluding tert-OH is 3. The molecule has 0 saturated heterocycles. The van der Waals surface area contributed by atoms with E-state index in [2.05, 4.69) is 0 Å². The molecule has 0 aliphatic carbocycles. The fourth-order valence-electron chi connectivity index (χ4n) is 1.20. The third kappa shape index (κ3) is 3.06. The van der Waals surface area contributed by atoms with Crippen molar-refractivity contribution in [3.63, 3.8) is 0 Å². The smallest absolute Gasteiger partial charge is 0.107 e. The Balaban J connectivity index is 2.95. The molecule has 5 heteroatoms. The molecule has 15 heavy (non-hydrogen) atoms. The van der Waals surface area contributed by atoms with Gasteiger partial charge in [0.1, 0.15) is 12.2 Å². The first-order chi connectivity index (χ1) is 7.10. The fraction of sp³-hybridized carbons (Fsp3) is 0.400. The van der Waals surface area contributed by atoms with E-state index < -0.39 is 18.8 Å². The maximum absolute atomic E-state index is 9.60. The third-order valence-electron chi connectivity index (χ3n) is 2.11. The summed E-state index contributed by atoms with van der Waals surface area (Å²) < 4.78 is 0. The summed E-state index contributed by atoms with van der Waals surface area (Å²) in [6.07, 6.45) is -2.33. The van der Waals surface area contributed by atoms with Crippen LogP contribution in [0.25, 0.3) is 0 Å². The Morgan fingerprint density at radius 1 is 1.27 bits per heavy atom. The molecule has 0 aromatic heterocycles. The van der Waals surface area contributed by atoms with E-state index in [4.69, 9.17) is 28.3 Å². The average Bonchev–Trinajstić information content (AvgIpc) is 2.27. The first kappa shape index (κ1) is 12.7. The summed E-state index contributed by atoms with van der Waals surface area (Å²) in [5, 5.41) is 28.0. The van der Waals surface area contributed by atoms with Gasteiger partial charge in [0.15, 0.2) is 0 Å². The van der Waals surface area contributed by atoms with E-state index in [1.807, 2.05) is 0 Å². The molecule has 0 fully saturated rings. The standard InChI is InChI=1S/C10H12Cl2O3/c11-4-7-3-6(1-2-8(7)12)10(15)9(14)5-13/h1-3,9-10,13-15H,4-5H2. The molecule has 0 amide bonds. The molecule has 84 valence electrons. The van der Waals surface area contributed by atoms with Gasteiger partial charge >= 0.3 is 0 Å². The van der Waals surface area contributed by atoms with Crippen molar-refractivity contribution in [2.24, 2.45) is 0 Å². The first-order valence-corrected chi connectivity index (χ1v) is 5.32. The van der Waals surface area contributed by atoms with Crippen LogP contribution >= 0.6 is 23.2 Å². The number of alkyl halides is 1. The van der Waals surface area contributed by atoms with Crippen LogP contribution in [-0.2, 0) is 5.88 Å². The summed E-state index contributed by atoms with van der Waals surface area (Å²) in [6, 6.07) is 4.79. The Hall–Kier alpha value is -0.320. The number of halogens is 2. The maximum Gasteiger partial charge on any atom is 0.107 e. The predicted octanol–water partition coefficient (Wildman–Crippen LogP) is 1.47. The highest BCUT2D eigenvalue weighted by Crippen LogP contribution is 2.24. The van der Waals surface area contributed by atoms with Gasteiger partial charge in [-0.2, -0.15) is 0 Å². The largest absolute Gasteiger partial charge is 0.394 e. The number of aliphatic hydroxyl groups is 3. The minimum Gasteiger partial charge on any atom is -0.394 e. The van der Waals surface area contributed by atoms with E-state index in [0.717, 1.165) is 0 Å². The number of benzene rings is 1. The summed E-state index contributed by atoms with van der Waals surface area (Å²) in [6.45, 7) is -0.500. The molecule has 0 aliphatic heterocycles. The minimum atomic E-state index is -1.20. The van der Waals surface area contributed by atoms with Crippen LogP contribution in [-0.4, -0.2) is 28.0 Å².